The van der Waals surface area contributed by atoms with Crippen molar-refractivity contribution in [2.45, 2.75) is 31.3 Å². The van der Waals surface area contributed by atoms with Crippen LogP contribution in [0, 0.1) is 0 Å². The Morgan fingerprint density at radius 3 is 2.77 bits per heavy atom. The Morgan fingerprint density at radius 2 is 2.15 bits per heavy atom. The van der Waals surface area contributed by atoms with Crippen LogP contribution in [0.5, 0.6) is 0 Å². The predicted molar refractivity (Wildman–Crippen MR) is 54.1 cm³/mol. The summed E-state index contributed by atoms with van der Waals surface area (Å²) in [5.41, 5.74) is 1.27. The standard InChI is InChI=1S/C11H13ClO/c12-10-3-1-2-8(6-10)9-4-5-11(13)7-9/h1-3,6,9,11,13H,4-5,7H2. The molecule has 2 atom stereocenters. The van der Waals surface area contributed by atoms with Gasteiger partial charge in [0.1, 0.15) is 0 Å². The fourth-order valence-electron chi connectivity index (χ4n) is 2.02. The molecule has 0 aliphatic heterocycles. The zero-order valence-corrected chi connectivity index (χ0v) is 8.17. The molecular weight excluding hydrogens is 184 g/mol. The van der Waals surface area contributed by atoms with Crippen molar-refractivity contribution in [1.82, 2.24) is 0 Å². The number of halogens is 1. The van der Waals surface area contributed by atoms with Crippen molar-refractivity contribution in [3.05, 3.63) is 34.9 Å². The second-order valence-electron chi connectivity index (χ2n) is 3.72. The summed E-state index contributed by atoms with van der Waals surface area (Å²) in [5, 5.41) is 10.2. The van der Waals surface area contributed by atoms with Gasteiger partial charge >= 0.3 is 0 Å². The molecule has 0 saturated heterocycles. The van der Waals surface area contributed by atoms with Gasteiger partial charge in [0.25, 0.3) is 0 Å². The lowest BCUT2D eigenvalue weighted by Gasteiger charge is -2.09. The Hall–Kier alpha value is -0.530. The van der Waals surface area contributed by atoms with E-state index < -0.39 is 0 Å². The van der Waals surface area contributed by atoms with Crippen LogP contribution in [0.3, 0.4) is 0 Å². The Bertz CT molecular complexity index is 298. The summed E-state index contributed by atoms with van der Waals surface area (Å²) >= 11 is 5.90. The van der Waals surface area contributed by atoms with E-state index in [1.165, 1.54) is 5.56 Å². The lowest BCUT2D eigenvalue weighted by atomic mass is 9.98. The molecule has 13 heavy (non-hydrogen) atoms. The molecule has 1 aromatic carbocycles. The van der Waals surface area contributed by atoms with Gasteiger partial charge in [-0.1, -0.05) is 23.7 Å². The molecule has 1 nitrogen and oxygen atoms in total. The van der Waals surface area contributed by atoms with Gasteiger partial charge in [0.15, 0.2) is 0 Å². The summed E-state index contributed by atoms with van der Waals surface area (Å²) in [7, 11) is 0. The quantitative estimate of drug-likeness (QED) is 0.732. The zero-order chi connectivity index (χ0) is 9.26. The fourth-order valence-corrected chi connectivity index (χ4v) is 2.22. The number of benzene rings is 1. The van der Waals surface area contributed by atoms with Crippen LogP contribution < -0.4 is 0 Å². The molecule has 1 aromatic rings. The largest absolute Gasteiger partial charge is 0.393 e. The second-order valence-corrected chi connectivity index (χ2v) is 4.16. The van der Waals surface area contributed by atoms with Gasteiger partial charge < -0.3 is 5.11 Å². The highest BCUT2D eigenvalue weighted by Crippen LogP contribution is 2.34. The van der Waals surface area contributed by atoms with Crippen LogP contribution in [-0.4, -0.2) is 11.2 Å². The number of aliphatic hydroxyl groups excluding tert-OH is 1. The molecule has 0 amide bonds. The number of hydrogen-bond donors (Lipinski definition) is 1. The van der Waals surface area contributed by atoms with Crippen molar-refractivity contribution >= 4 is 11.6 Å². The highest BCUT2D eigenvalue weighted by molar-refractivity contribution is 6.30. The second kappa shape index (κ2) is 3.69. The molecule has 0 heterocycles. The number of aliphatic hydroxyl groups is 1. The minimum Gasteiger partial charge on any atom is -0.393 e. The van der Waals surface area contributed by atoms with Crippen molar-refractivity contribution in [2.75, 3.05) is 0 Å². The van der Waals surface area contributed by atoms with Crippen LogP contribution in [0.1, 0.15) is 30.7 Å². The lowest BCUT2D eigenvalue weighted by Crippen LogP contribution is -1.99. The third-order valence-corrected chi connectivity index (χ3v) is 2.96. The molecule has 1 saturated carbocycles. The van der Waals surface area contributed by atoms with Crippen molar-refractivity contribution in [3.63, 3.8) is 0 Å². The molecule has 2 heteroatoms. The van der Waals surface area contributed by atoms with E-state index in [4.69, 9.17) is 11.6 Å². The average molecular weight is 197 g/mol. The van der Waals surface area contributed by atoms with Crippen LogP contribution in [0.15, 0.2) is 24.3 Å². The first-order valence-electron chi connectivity index (χ1n) is 4.69. The molecule has 0 aromatic heterocycles. The van der Waals surface area contributed by atoms with Crippen molar-refractivity contribution in [3.8, 4) is 0 Å². The van der Waals surface area contributed by atoms with E-state index in [0.717, 1.165) is 24.3 Å². The first-order valence-corrected chi connectivity index (χ1v) is 5.07. The number of rotatable bonds is 1. The van der Waals surface area contributed by atoms with Crippen LogP contribution in [0.4, 0.5) is 0 Å². The Labute approximate surface area is 83.3 Å². The molecule has 2 unspecified atom stereocenters. The third kappa shape index (κ3) is 2.04. The van der Waals surface area contributed by atoms with Gasteiger partial charge in [-0.15, -0.1) is 0 Å². The van der Waals surface area contributed by atoms with Crippen molar-refractivity contribution < 1.29 is 5.11 Å². The van der Waals surface area contributed by atoms with E-state index in [9.17, 15) is 5.11 Å². The molecule has 0 radical (unpaired) electrons. The molecule has 0 bridgehead atoms. The van der Waals surface area contributed by atoms with Crippen LogP contribution in [0.2, 0.25) is 5.02 Å². The smallest absolute Gasteiger partial charge is 0.0546 e. The first kappa shape index (κ1) is 9.04. The predicted octanol–water partition coefficient (Wildman–Crippen LogP) is 2.97. The molecule has 2 rings (SSSR count). The summed E-state index contributed by atoms with van der Waals surface area (Å²) < 4.78 is 0. The maximum Gasteiger partial charge on any atom is 0.0546 e. The minimum atomic E-state index is -0.107. The van der Waals surface area contributed by atoms with E-state index in [2.05, 4.69) is 6.07 Å². The monoisotopic (exact) mass is 196 g/mol. The van der Waals surface area contributed by atoms with E-state index in [1.54, 1.807) is 0 Å². The summed E-state index contributed by atoms with van der Waals surface area (Å²) in [6.07, 6.45) is 2.79. The molecule has 0 spiro atoms. The molecule has 70 valence electrons. The highest BCUT2D eigenvalue weighted by atomic mass is 35.5. The lowest BCUT2D eigenvalue weighted by molar-refractivity contribution is 0.181. The van der Waals surface area contributed by atoms with Crippen LogP contribution in [0.25, 0.3) is 0 Å². The molecular formula is C11H13ClO. The van der Waals surface area contributed by atoms with E-state index in [0.29, 0.717) is 5.92 Å². The van der Waals surface area contributed by atoms with Crippen molar-refractivity contribution in [1.29, 1.82) is 0 Å². The topological polar surface area (TPSA) is 20.2 Å². The van der Waals surface area contributed by atoms with Gasteiger partial charge in [-0.05, 0) is 42.9 Å². The maximum atomic E-state index is 9.40. The Morgan fingerprint density at radius 1 is 1.31 bits per heavy atom. The summed E-state index contributed by atoms with van der Waals surface area (Å²) in [4.78, 5) is 0. The SMILES string of the molecule is OC1CCC(c2cccc(Cl)c2)C1. The maximum absolute atomic E-state index is 9.40. The Kier molecular flexibility index (Phi) is 2.56. The highest BCUT2D eigenvalue weighted by Gasteiger charge is 2.23. The van der Waals surface area contributed by atoms with E-state index in [1.807, 2.05) is 18.2 Å². The number of hydrogen-bond acceptors (Lipinski definition) is 1. The first-order chi connectivity index (χ1) is 6.25. The van der Waals surface area contributed by atoms with Crippen LogP contribution >= 0.6 is 11.6 Å². The van der Waals surface area contributed by atoms with Gasteiger partial charge in [0.2, 0.25) is 0 Å². The summed E-state index contributed by atoms with van der Waals surface area (Å²) in [5.74, 6) is 0.508. The Balaban J connectivity index is 2.16. The fraction of sp³-hybridized carbons (Fsp3) is 0.455. The van der Waals surface area contributed by atoms with Gasteiger partial charge in [-0.3, -0.25) is 0 Å². The van der Waals surface area contributed by atoms with Gasteiger partial charge in [0, 0.05) is 5.02 Å². The average Bonchev–Trinajstić information content (AvgIpc) is 2.52. The van der Waals surface area contributed by atoms with Gasteiger partial charge in [-0.25, -0.2) is 0 Å². The molecule has 1 N–H and O–H groups in total. The van der Waals surface area contributed by atoms with Crippen LogP contribution in [-0.2, 0) is 0 Å². The third-order valence-electron chi connectivity index (χ3n) is 2.73. The zero-order valence-electron chi connectivity index (χ0n) is 7.41. The van der Waals surface area contributed by atoms with E-state index in [-0.39, 0.29) is 6.10 Å². The molecule has 1 fully saturated rings. The van der Waals surface area contributed by atoms with Gasteiger partial charge in [0.05, 0.1) is 6.10 Å². The van der Waals surface area contributed by atoms with Gasteiger partial charge in [-0.2, -0.15) is 0 Å². The van der Waals surface area contributed by atoms with Crippen molar-refractivity contribution in [2.24, 2.45) is 0 Å². The molecule has 1 aliphatic rings. The normalized spacial score (nSPS) is 27.8. The minimum absolute atomic E-state index is 0.107. The summed E-state index contributed by atoms with van der Waals surface area (Å²) in [6, 6.07) is 7.96. The molecule has 1 aliphatic carbocycles. The summed E-state index contributed by atoms with van der Waals surface area (Å²) in [6.45, 7) is 0. The van der Waals surface area contributed by atoms with E-state index >= 15 is 0 Å².